The van der Waals surface area contributed by atoms with E-state index in [1.165, 1.54) is 18.5 Å². The molecular weight excluding hydrogens is 186 g/mol. The fraction of sp³-hybridized carbons (Fsp3) is 0.750. The van der Waals surface area contributed by atoms with E-state index in [9.17, 15) is 0 Å². The number of rotatable bonds is 6. The molecule has 1 rings (SSSR count). The summed E-state index contributed by atoms with van der Waals surface area (Å²) in [6.07, 6.45) is 5.47. The lowest BCUT2D eigenvalue weighted by atomic mass is 9.92. The zero-order valence-corrected chi connectivity index (χ0v) is 10.3. The highest BCUT2D eigenvalue weighted by Crippen LogP contribution is 2.16. The Balaban J connectivity index is 2.44. The minimum absolute atomic E-state index is 0.600. The van der Waals surface area contributed by atoms with Gasteiger partial charge in [0.25, 0.3) is 0 Å². The highest BCUT2D eigenvalue weighted by molar-refractivity contribution is 5.00. The van der Waals surface area contributed by atoms with Crippen molar-refractivity contribution in [2.75, 3.05) is 7.05 Å². The Morgan fingerprint density at radius 3 is 2.73 bits per heavy atom. The average Bonchev–Trinajstić information content (AvgIpc) is 2.65. The smallest absolute Gasteiger partial charge is 0.0492 e. The predicted octanol–water partition coefficient (Wildman–Crippen LogP) is 1.99. The van der Waals surface area contributed by atoms with Crippen molar-refractivity contribution in [2.24, 2.45) is 13.0 Å². The van der Waals surface area contributed by atoms with Crippen molar-refractivity contribution in [1.82, 2.24) is 15.1 Å². The molecule has 86 valence electrons. The molecule has 0 bridgehead atoms. The number of nitrogens with zero attached hydrogens (tertiary/aromatic N) is 2. The maximum Gasteiger partial charge on any atom is 0.0492 e. The summed E-state index contributed by atoms with van der Waals surface area (Å²) >= 11 is 0. The molecule has 2 unspecified atom stereocenters. The fourth-order valence-electron chi connectivity index (χ4n) is 2.02. The van der Waals surface area contributed by atoms with Gasteiger partial charge in [0, 0.05) is 25.0 Å². The molecule has 1 aromatic rings. The number of nitrogens with one attached hydrogen (secondary N) is 1. The van der Waals surface area contributed by atoms with E-state index in [2.05, 4.69) is 30.3 Å². The van der Waals surface area contributed by atoms with E-state index < -0.39 is 0 Å². The molecule has 15 heavy (non-hydrogen) atoms. The van der Waals surface area contributed by atoms with Crippen molar-refractivity contribution in [3.63, 3.8) is 0 Å². The first-order valence-electron chi connectivity index (χ1n) is 5.83. The van der Waals surface area contributed by atoms with Crippen LogP contribution < -0.4 is 5.32 Å². The number of aromatic nitrogens is 2. The first kappa shape index (κ1) is 12.2. The van der Waals surface area contributed by atoms with Gasteiger partial charge in [-0.3, -0.25) is 4.68 Å². The van der Waals surface area contributed by atoms with Gasteiger partial charge < -0.3 is 5.32 Å². The van der Waals surface area contributed by atoms with Crippen LogP contribution in [0.1, 0.15) is 32.4 Å². The second kappa shape index (κ2) is 5.91. The fourth-order valence-corrected chi connectivity index (χ4v) is 2.02. The maximum atomic E-state index is 4.19. The lowest BCUT2D eigenvalue weighted by Gasteiger charge is -2.22. The molecule has 0 saturated heterocycles. The van der Waals surface area contributed by atoms with Gasteiger partial charge in [-0.25, -0.2) is 0 Å². The van der Waals surface area contributed by atoms with Crippen LogP contribution >= 0.6 is 0 Å². The van der Waals surface area contributed by atoms with Crippen LogP contribution in [0.5, 0.6) is 0 Å². The Labute approximate surface area is 92.9 Å². The maximum absolute atomic E-state index is 4.19. The van der Waals surface area contributed by atoms with Crippen LogP contribution in [0.3, 0.4) is 0 Å². The predicted molar refractivity (Wildman–Crippen MR) is 63.8 cm³/mol. The molecule has 2 atom stereocenters. The molecular formula is C12H23N3. The van der Waals surface area contributed by atoms with Gasteiger partial charge in [-0.05, 0) is 38.8 Å². The summed E-state index contributed by atoms with van der Waals surface area (Å²) in [4.78, 5) is 0. The van der Waals surface area contributed by atoms with E-state index in [0.29, 0.717) is 6.04 Å². The van der Waals surface area contributed by atoms with Crippen molar-refractivity contribution < 1.29 is 0 Å². The highest BCUT2D eigenvalue weighted by atomic mass is 15.2. The minimum atomic E-state index is 0.600. The normalized spacial score (nSPS) is 15.2. The van der Waals surface area contributed by atoms with E-state index >= 15 is 0 Å². The Kier molecular flexibility index (Phi) is 4.82. The number of hydrogen-bond donors (Lipinski definition) is 1. The Morgan fingerprint density at radius 2 is 2.27 bits per heavy atom. The number of hydrogen-bond acceptors (Lipinski definition) is 2. The van der Waals surface area contributed by atoms with Crippen LogP contribution in [0, 0.1) is 5.92 Å². The number of aryl methyl sites for hydroxylation is 2. The van der Waals surface area contributed by atoms with Gasteiger partial charge in [0.15, 0.2) is 0 Å². The van der Waals surface area contributed by atoms with Crippen LogP contribution in [0.15, 0.2) is 12.3 Å². The SMILES string of the molecule is CCC(CCc1ccnn1C)C(C)NC. The lowest BCUT2D eigenvalue weighted by Crippen LogP contribution is -2.30. The van der Waals surface area contributed by atoms with Crippen LogP contribution in [0.4, 0.5) is 0 Å². The lowest BCUT2D eigenvalue weighted by molar-refractivity contribution is 0.358. The minimum Gasteiger partial charge on any atom is -0.317 e. The summed E-state index contributed by atoms with van der Waals surface area (Å²) < 4.78 is 1.97. The third-order valence-corrected chi connectivity index (χ3v) is 3.38. The van der Waals surface area contributed by atoms with Gasteiger partial charge in [0.2, 0.25) is 0 Å². The molecule has 0 spiro atoms. The van der Waals surface area contributed by atoms with Crippen LogP contribution in [0.2, 0.25) is 0 Å². The summed E-state index contributed by atoms with van der Waals surface area (Å²) in [5.41, 5.74) is 1.33. The van der Waals surface area contributed by atoms with Crippen molar-refractivity contribution in [2.45, 2.75) is 39.2 Å². The van der Waals surface area contributed by atoms with E-state index in [1.807, 2.05) is 25.0 Å². The first-order chi connectivity index (χ1) is 7.19. The Morgan fingerprint density at radius 1 is 1.53 bits per heavy atom. The Hall–Kier alpha value is -0.830. The quantitative estimate of drug-likeness (QED) is 0.776. The van der Waals surface area contributed by atoms with E-state index in [1.54, 1.807) is 0 Å². The van der Waals surface area contributed by atoms with Gasteiger partial charge in [-0.1, -0.05) is 13.3 Å². The average molecular weight is 209 g/mol. The largest absolute Gasteiger partial charge is 0.317 e. The summed E-state index contributed by atoms with van der Waals surface area (Å²) in [6, 6.07) is 2.71. The zero-order chi connectivity index (χ0) is 11.3. The first-order valence-corrected chi connectivity index (χ1v) is 5.83. The molecule has 0 aliphatic rings. The molecule has 0 aromatic carbocycles. The Bertz CT molecular complexity index is 280. The van der Waals surface area contributed by atoms with Gasteiger partial charge in [-0.15, -0.1) is 0 Å². The zero-order valence-electron chi connectivity index (χ0n) is 10.3. The van der Waals surface area contributed by atoms with E-state index in [-0.39, 0.29) is 0 Å². The van der Waals surface area contributed by atoms with Crippen molar-refractivity contribution in [1.29, 1.82) is 0 Å². The van der Waals surface area contributed by atoms with E-state index in [0.717, 1.165) is 12.3 Å². The third-order valence-electron chi connectivity index (χ3n) is 3.38. The van der Waals surface area contributed by atoms with Gasteiger partial charge in [-0.2, -0.15) is 5.10 Å². The highest BCUT2D eigenvalue weighted by Gasteiger charge is 2.13. The molecule has 0 fully saturated rings. The molecule has 3 heteroatoms. The van der Waals surface area contributed by atoms with Gasteiger partial charge >= 0.3 is 0 Å². The van der Waals surface area contributed by atoms with E-state index in [4.69, 9.17) is 0 Å². The summed E-state index contributed by atoms with van der Waals surface area (Å²) in [5, 5.41) is 7.52. The summed E-state index contributed by atoms with van der Waals surface area (Å²) in [7, 11) is 4.05. The topological polar surface area (TPSA) is 29.9 Å². The standard InChI is InChI=1S/C12H23N3/c1-5-11(10(2)13-3)6-7-12-8-9-14-15(12)4/h8-11,13H,5-7H2,1-4H3. The van der Waals surface area contributed by atoms with Crippen molar-refractivity contribution in [3.8, 4) is 0 Å². The van der Waals surface area contributed by atoms with Gasteiger partial charge in [0.05, 0.1) is 0 Å². The molecule has 0 amide bonds. The van der Waals surface area contributed by atoms with Crippen molar-refractivity contribution >= 4 is 0 Å². The monoisotopic (exact) mass is 209 g/mol. The van der Waals surface area contributed by atoms with Crippen molar-refractivity contribution in [3.05, 3.63) is 18.0 Å². The molecule has 1 heterocycles. The molecule has 0 saturated carbocycles. The molecule has 3 nitrogen and oxygen atoms in total. The second-order valence-electron chi connectivity index (χ2n) is 4.23. The van der Waals surface area contributed by atoms with Crippen LogP contribution in [-0.4, -0.2) is 22.9 Å². The summed E-state index contributed by atoms with van der Waals surface area (Å²) in [6.45, 7) is 4.53. The van der Waals surface area contributed by atoms with Gasteiger partial charge in [0.1, 0.15) is 0 Å². The molecule has 1 N–H and O–H groups in total. The molecule has 0 aliphatic heterocycles. The second-order valence-corrected chi connectivity index (χ2v) is 4.23. The third kappa shape index (κ3) is 3.34. The summed E-state index contributed by atoms with van der Waals surface area (Å²) in [5.74, 6) is 0.755. The molecule has 0 aliphatic carbocycles. The molecule has 1 aromatic heterocycles. The van der Waals surface area contributed by atoms with Crippen LogP contribution in [0.25, 0.3) is 0 Å². The molecule has 0 radical (unpaired) electrons. The van der Waals surface area contributed by atoms with Crippen LogP contribution in [-0.2, 0) is 13.5 Å².